The van der Waals surface area contributed by atoms with Crippen molar-refractivity contribution in [3.8, 4) is 0 Å². The van der Waals surface area contributed by atoms with Gasteiger partial charge in [-0.15, -0.1) is 0 Å². The van der Waals surface area contributed by atoms with Gasteiger partial charge in [-0.2, -0.15) is 0 Å². The maximum Gasteiger partial charge on any atom is 0.160 e. The van der Waals surface area contributed by atoms with E-state index in [1.807, 2.05) is 0 Å². The summed E-state index contributed by atoms with van der Waals surface area (Å²) in [5.41, 5.74) is 0. The number of allylic oxidation sites excluding steroid dienone is 4. The normalized spacial score (nSPS) is 22.8. The van der Waals surface area contributed by atoms with E-state index >= 15 is 0 Å². The van der Waals surface area contributed by atoms with Crippen LogP contribution in [0.25, 0.3) is 0 Å². The van der Waals surface area contributed by atoms with Crippen molar-refractivity contribution in [3.05, 3.63) is 35.6 Å². The zero-order valence-corrected chi connectivity index (χ0v) is 7.87. The summed E-state index contributed by atoms with van der Waals surface area (Å²) in [7, 11) is 0. The molecule has 0 aliphatic heterocycles. The van der Waals surface area contributed by atoms with Crippen LogP contribution in [0.15, 0.2) is 35.6 Å². The van der Waals surface area contributed by atoms with Crippen molar-refractivity contribution in [1.82, 2.24) is 0 Å². The van der Waals surface area contributed by atoms with Crippen LogP contribution in [0.5, 0.6) is 0 Å². The molecule has 3 heteroatoms. The van der Waals surface area contributed by atoms with Gasteiger partial charge in [-0.05, 0) is 25.3 Å². The van der Waals surface area contributed by atoms with Gasteiger partial charge in [0.15, 0.2) is 5.76 Å². The van der Waals surface area contributed by atoms with Crippen LogP contribution in [0.2, 0.25) is 0 Å². The summed E-state index contributed by atoms with van der Waals surface area (Å²) in [5, 5.41) is 9.53. The van der Waals surface area contributed by atoms with Crippen molar-refractivity contribution in [2.75, 3.05) is 0 Å². The third-order valence-corrected chi connectivity index (χ3v) is 2.49. The number of aliphatic hydroxyl groups is 1. The number of aliphatic hydroxyl groups excluding tert-OH is 1. The predicted octanol–water partition coefficient (Wildman–Crippen LogP) is 3.14. The fraction of sp³-hybridized carbons (Fsp3) is 0.455. The van der Waals surface area contributed by atoms with Gasteiger partial charge >= 0.3 is 0 Å². The Hall–Kier alpha value is -1.25. The van der Waals surface area contributed by atoms with Gasteiger partial charge in [0.25, 0.3) is 0 Å². The topological polar surface area (TPSA) is 29.5 Å². The summed E-state index contributed by atoms with van der Waals surface area (Å²) in [4.78, 5) is 0. The van der Waals surface area contributed by atoms with E-state index in [0.29, 0.717) is 6.42 Å². The number of hydrogen-bond acceptors (Lipinski definition) is 2. The van der Waals surface area contributed by atoms with Crippen molar-refractivity contribution < 1.29 is 14.2 Å². The second-order valence-electron chi connectivity index (χ2n) is 3.62. The molecule has 0 unspecified atom stereocenters. The van der Waals surface area contributed by atoms with E-state index < -0.39 is 0 Å². The molecule has 76 valence electrons. The Bertz CT molecular complexity index is 311. The van der Waals surface area contributed by atoms with Crippen LogP contribution in [0.1, 0.15) is 25.7 Å². The summed E-state index contributed by atoms with van der Waals surface area (Å²) in [6.45, 7) is 0. The Labute approximate surface area is 82.4 Å². The molecule has 0 radical (unpaired) electrons. The Morgan fingerprint density at radius 3 is 2.86 bits per heavy atom. The third kappa shape index (κ3) is 1.97. The number of halogens is 1. The highest BCUT2D eigenvalue weighted by atomic mass is 19.1. The predicted molar refractivity (Wildman–Crippen MR) is 51.3 cm³/mol. The van der Waals surface area contributed by atoms with Gasteiger partial charge in [0, 0.05) is 12.5 Å². The van der Waals surface area contributed by atoms with E-state index in [1.54, 1.807) is 6.08 Å². The van der Waals surface area contributed by atoms with Gasteiger partial charge in [-0.3, -0.25) is 0 Å². The van der Waals surface area contributed by atoms with E-state index in [0.717, 1.165) is 19.3 Å². The van der Waals surface area contributed by atoms with Gasteiger partial charge in [-0.1, -0.05) is 6.08 Å². The van der Waals surface area contributed by atoms with Crippen LogP contribution in [0, 0.1) is 0 Å². The monoisotopic (exact) mass is 196 g/mol. The first-order chi connectivity index (χ1) is 6.75. The highest BCUT2D eigenvalue weighted by molar-refractivity contribution is 5.29. The SMILES string of the molecule is OC1=C(OC2CCC2)C=C(F)C=CC1. The lowest BCUT2D eigenvalue weighted by Gasteiger charge is -2.27. The second-order valence-corrected chi connectivity index (χ2v) is 3.62. The number of hydrogen-bond donors (Lipinski definition) is 1. The molecule has 0 heterocycles. The maximum atomic E-state index is 13.0. The molecule has 2 aliphatic carbocycles. The van der Waals surface area contributed by atoms with Gasteiger partial charge in [0.1, 0.15) is 11.6 Å². The molecule has 1 fully saturated rings. The molecule has 0 aromatic rings. The molecular weight excluding hydrogens is 183 g/mol. The fourth-order valence-electron chi connectivity index (χ4n) is 1.41. The lowest BCUT2D eigenvalue weighted by Crippen LogP contribution is -2.21. The molecule has 0 bridgehead atoms. The van der Waals surface area contributed by atoms with Gasteiger partial charge in [-0.25, -0.2) is 4.39 Å². The molecule has 2 nitrogen and oxygen atoms in total. The summed E-state index contributed by atoms with van der Waals surface area (Å²) < 4.78 is 18.5. The van der Waals surface area contributed by atoms with Crippen LogP contribution in [0.4, 0.5) is 4.39 Å². The van der Waals surface area contributed by atoms with Gasteiger partial charge in [0.2, 0.25) is 0 Å². The molecule has 0 aromatic carbocycles. The van der Waals surface area contributed by atoms with E-state index in [4.69, 9.17) is 4.74 Å². The second kappa shape index (κ2) is 3.86. The molecule has 2 rings (SSSR count). The Morgan fingerprint density at radius 1 is 1.43 bits per heavy atom. The van der Waals surface area contributed by atoms with Crippen LogP contribution in [-0.2, 0) is 4.74 Å². The van der Waals surface area contributed by atoms with Gasteiger partial charge < -0.3 is 9.84 Å². The van der Waals surface area contributed by atoms with E-state index in [2.05, 4.69) is 0 Å². The van der Waals surface area contributed by atoms with Gasteiger partial charge in [0.05, 0.1) is 6.10 Å². The zero-order valence-electron chi connectivity index (χ0n) is 7.87. The smallest absolute Gasteiger partial charge is 0.160 e. The quantitative estimate of drug-likeness (QED) is 0.735. The highest BCUT2D eigenvalue weighted by Gasteiger charge is 2.21. The largest absolute Gasteiger partial charge is 0.508 e. The Kier molecular flexibility index (Phi) is 2.57. The molecular formula is C11H13FO2. The Balaban J connectivity index is 2.09. The standard InChI is InChI=1S/C11H13FO2/c12-8-3-1-6-10(13)11(7-8)14-9-4-2-5-9/h1,3,7,9,13H,2,4-6H2. The van der Waals surface area contributed by atoms with Crippen molar-refractivity contribution in [1.29, 1.82) is 0 Å². The summed E-state index contributed by atoms with van der Waals surface area (Å²) in [6, 6.07) is 0. The van der Waals surface area contributed by atoms with Crippen molar-refractivity contribution in [3.63, 3.8) is 0 Å². The van der Waals surface area contributed by atoms with E-state index in [1.165, 1.54) is 12.2 Å². The van der Waals surface area contributed by atoms with E-state index in [-0.39, 0.29) is 23.4 Å². The maximum absolute atomic E-state index is 13.0. The summed E-state index contributed by atoms with van der Waals surface area (Å²) in [6.07, 6.45) is 7.83. The average Bonchev–Trinajstić information content (AvgIpc) is 2.22. The minimum absolute atomic E-state index is 0.112. The molecule has 0 amide bonds. The highest BCUT2D eigenvalue weighted by Crippen LogP contribution is 2.27. The lowest BCUT2D eigenvalue weighted by molar-refractivity contribution is 0.0513. The van der Waals surface area contributed by atoms with Crippen LogP contribution in [0.3, 0.4) is 0 Å². The first kappa shape index (κ1) is 9.31. The molecule has 14 heavy (non-hydrogen) atoms. The first-order valence-corrected chi connectivity index (χ1v) is 4.88. The Morgan fingerprint density at radius 2 is 2.21 bits per heavy atom. The number of rotatable bonds is 2. The molecule has 0 atom stereocenters. The zero-order chi connectivity index (χ0) is 9.97. The van der Waals surface area contributed by atoms with Crippen LogP contribution < -0.4 is 0 Å². The molecule has 2 aliphatic rings. The minimum atomic E-state index is -0.372. The van der Waals surface area contributed by atoms with Crippen molar-refractivity contribution in [2.45, 2.75) is 31.8 Å². The molecule has 1 N–H and O–H groups in total. The molecule has 0 aromatic heterocycles. The minimum Gasteiger partial charge on any atom is -0.508 e. The molecule has 0 spiro atoms. The summed E-state index contributed by atoms with van der Waals surface area (Å²) in [5.74, 6) is 0.0290. The molecule has 0 saturated heterocycles. The third-order valence-electron chi connectivity index (χ3n) is 2.49. The number of ether oxygens (including phenoxy) is 1. The average molecular weight is 196 g/mol. The van der Waals surface area contributed by atoms with Crippen molar-refractivity contribution >= 4 is 0 Å². The van der Waals surface area contributed by atoms with Crippen molar-refractivity contribution in [2.24, 2.45) is 0 Å². The van der Waals surface area contributed by atoms with Crippen LogP contribution in [-0.4, -0.2) is 11.2 Å². The first-order valence-electron chi connectivity index (χ1n) is 4.88. The summed E-state index contributed by atoms with van der Waals surface area (Å²) >= 11 is 0. The van der Waals surface area contributed by atoms with Crippen LogP contribution >= 0.6 is 0 Å². The fourth-order valence-corrected chi connectivity index (χ4v) is 1.41. The lowest BCUT2D eigenvalue weighted by atomic mass is 9.96. The molecule has 1 saturated carbocycles. The van der Waals surface area contributed by atoms with E-state index in [9.17, 15) is 9.50 Å².